The van der Waals surface area contributed by atoms with E-state index in [4.69, 9.17) is 0 Å². The number of hydrogen-bond acceptors (Lipinski definition) is 6. The lowest BCUT2D eigenvalue weighted by molar-refractivity contribution is -0.123. The molecule has 1 aromatic heterocycles. The molecule has 4 N–H and O–H groups in total. The molecule has 0 aliphatic carbocycles. The first-order valence-corrected chi connectivity index (χ1v) is 13.2. The van der Waals surface area contributed by atoms with E-state index in [-0.39, 0.29) is 18.0 Å². The minimum atomic E-state index is -1.70. The minimum absolute atomic E-state index is 0.145. The molecule has 0 radical (unpaired) electrons. The van der Waals surface area contributed by atoms with Gasteiger partial charge in [0.15, 0.2) is 0 Å². The van der Waals surface area contributed by atoms with E-state index in [0.29, 0.717) is 6.42 Å². The number of rotatable bonds is 5. The van der Waals surface area contributed by atoms with Crippen LogP contribution in [0.4, 0.5) is 0 Å². The fourth-order valence-electron chi connectivity index (χ4n) is 4.67. The second-order valence-corrected chi connectivity index (χ2v) is 10.2. The zero-order chi connectivity index (χ0) is 25.9. The van der Waals surface area contributed by atoms with Crippen molar-refractivity contribution >= 4 is 18.9 Å². The third-order valence-electron chi connectivity index (χ3n) is 6.62. The summed E-state index contributed by atoms with van der Waals surface area (Å²) in [5.41, 5.74) is 3.09. The summed E-state index contributed by atoms with van der Waals surface area (Å²) >= 11 is 0. The molecule has 2 bridgehead atoms. The van der Waals surface area contributed by atoms with Gasteiger partial charge in [0.25, 0.3) is 5.91 Å². The van der Waals surface area contributed by atoms with Gasteiger partial charge in [-0.1, -0.05) is 63.8 Å². The number of amides is 2. The molecule has 2 heterocycles. The van der Waals surface area contributed by atoms with Crippen LogP contribution in [-0.2, 0) is 24.1 Å². The lowest BCUT2D eigenvalue weighted by Gasteiger charge is -2.25. The quantitative estimate of drug-likeness (QED) is 0.474. The summed E-state index contributed by atoms with van der Waals surface area (Å²) in [4.78, 5) is 35.2. The van der Waals surface area contributed by atoms with Crippen LogP contribution < -0.4 is 10.6 Å². The molecule has 1 aromatic carbocycles. The molecule has 2 aromatic rings. The largest absolute Gasteiger partial charge is 0.475 e. The van der Waals surface area contributed by atoms with Crippen LogP contribution in [0.15, 0.2) is 36.7 Å². The lowest BCUT2D eigenvalue weighted by atomic mass is 9.75. The summed E-state index contributed by atoms with van der Waals surface area (Å²) in [6, 6.07) is 7.09. The molecule has 0 saturated carbocycles. The Morgan fingerprint density at radius 3 is 2.42 bits per heavy atom. The Hall–Kier alpha value is -2.78. The van der Waals surface area contributed by atoms with Crippen LogP contribution in [0.2, 0.25) is 0 Å². The van der Waals surface area contributed by atoms with E-state index >= 15 is 0 Å². The number of nitrogens with zero attached hydrogens (tertiary/aromatic N) is 2. The van der Waals surface area contributed by atoms with Gasteiger partial charge in [0.2, 0.25) is 5.91 Å². The van der Waals surface area contributed by atoms with E-state index in [2.05, 4.69) is 26.7 Å². The maximum absolute atomic E-state index is 13.4. The van der Waals surface area contributed by atoms with Crippen LogP contribution >= 0.6 is 0 Å². The number of hydrogen-bond donors (Lipinski definition) is 4. The van der Waals surface area contributed by atoms with Crippen molar-refractivity contribution in [1.29, 1.82) is 0 Å². The van der Waals surface area contributed by atoms with E-state index < -0.39 is 30.9 Å². The number of aryl methyl sites for hydroxylation is 2. The molecule has 9 heteroatoms. The van der Waals surface area contributed by atoms with Crippen LogP contribution in [0, 0.1) is 5.92 Å². The van der Waals surface area contributed by atoms with Crippen molar-refractivity contribution < 1.29 is 19.6 Å². The molecular weight excluding hydrogens is 455 g/mol. The molecule has 1 aliphatic heterocycles. The average molecular weight is 494 g/mol. The van der Waals surface area contributed by atoms with Crippen LogP contribution in [0.3, 0.4) is 0 Å². The summed E-state index contributed by atoms with van der Waals surface area (Å²) < 4.78 is 0. The van der Waals surface area contributed by atoms with Crippen LogP contribution in [0.1, 0.15) is 86.1 Å². The second-order valence-electron chi connectivity index (χ2n) is 10.2. The van der Waals surface area contributed by atoms with Crippen molar-refractivity contribution in [3.05, 3.63) is 59.2 Å². The van der Waals surface area contributed by atoms with Crippen LogP contribution in [0.25, 0.3) is 0 Å². The zero-order valence-electron chi connectivity index (χ0n) is 21.4. The van der Waals surface area contributed by atoms with Crippen LogP contribution in [0.5, 0.6) is 0 Å². The predicted octanol–water partition coefficient (Wildman–Crippen LogP) is 2.80. The highest BCUT2D eigenvalue weighted by molar-refractivity contribution is 6.43. The third kappa shape index (κ3) is 8.71. The first kappa shape index (κ1) is 27.8. The molecule has 0 fully saturated rings. The monoisotopic (exact) mass is 494 g/mol. The normalized spacial score (nSPS) is 18.5. The molecule has 2 amide bonds. The fourth-order valence-corrected chi connectivity index (χ4v) is 4.67. The second kappa shape index (κ2) is 14.1. The Bertz CT molecular complexity index is 1000. The van der Waals surface area contributed by atoms with Crippen molar-refractivity contribution in [3.8, 4) is 0 Å². The van der Waals surface area contributed by atoms with Gasteiger partial charge < -0.3 is 20.7 Å². The highest BCUT2D eigenvalue weighted by Gasteiger charge is 2.30. The molecule has 2 unspecified atom stereocenters. The Morgan fingerprint density at radius 1 is 1.06 bits per heavy atom. The van der Waals surface area contributed by atoms with E-state index in [1.807, 2.05) is 32.0 Å². The average Bonchev–Trinajstić information content (AvgIpc) is 2.85. The molecule has 194 valence electrons. The Kier molecular flexibility index (Phi) is 10.9. The maximum atomic E-state index is 13.4. The molecule has 0 saturated heterocycles. The van der Waals surface area contributed by atoms with Gasteiger partial charge in [-0.3, -0.25) is 14.6 Å². The van der Waals surface area contributed by atoms with Gasteiger partial charge in [0.05, 0.1) is 17.8 Å². The minimum Gasteiger partial charge on any atom is -0.426 e. The molecule has 1 aliphatic rings. The molecule has 3 rings (SSSR count). The van der Waals surface area contributed by atoms with Gasteiger partial charge in [0, 0.05) is 12.6 Å². The topological polar surface area (TPSA) is 124 Å². The Morgan fingerprint density at radius 2 is 1.72 bits per heavy atom. The smallest absolute Gasteiger partial charge is 0.426 e. The summed E-state index contributed by atoms with van der Waals surface area (Å²) in [6.45, 7) is 3.89. The van der Waals surface area contributed by atoms with Crippen molar-refractivity contribution in [2.75, 3.05) is 0 Å². The van der Waals surface area contributed by atoms with Gasteiger partial charge in [-0.15, -0.1) is 0 Å². The predicted molar refractivity (Wildman–Crippen MR) is 140 cm³/mol. The molecule has 2 atom stereocenters. The highest BCUT2D eigenvalue weighted by Crippen LogP contribution is 2.17. The van der Waals surface area contributed by atoms with Crippen LogP contribution in [-0.4, -0.2) is 50.9 Å². The van der Waals surface area contributed by atoms with Gasteiger partial charge >= 0.3 is 7.12 Å². The van der Waals surface area contributed by atoms with Crippen molar-refractivity contribution in [2.45, 2.75) is 90.0 Å². The molecule has 36 heavy (non-hydrogen) atoms. The van der Waals surface area contributed by atoms with Gasteiger partial charge in [0.1, 0.15) is 11.7 Å². The number of fused-ring (bicyclic) bond motifs is 3. The molecular formula is C27H39BN4O4. The van der Waals surface area contributed by atoms with Gasteiger partial charge in [-0.2, -0.15) is 0 Å². The molecule has 8 nitrogen and oxygen atoms in total. The molecule has 0 spiro atoms. The van der Waals surface area contributed by atoms with E-state index in [1.165, 1.54) is 19.0 Å². The Labute approximate surface area is 214 Å². The number of aromatic nitrogens is 2. The van der Waals surface area contributed by atoms with Gasteiger partial charge in [-0.05, 0) is 49.1 Å². The summed E-state index contributed by atoms with van der Waals surface area (Å²) in [5.74, 6) is -1.63. The SMILES string of the molecule is CC(C)CC(NC(=O)C1Cc2ccccc2CCCCCCCCc2cncc(n2)C(=O)N1)B(O)O. The number of carbonyl (C=O) groups is 2. The number of carbonyl (C=O) groups excluding carboxylic acids is 2. The number of benzene rings is 1. The van der Waals surface area contributed by atoms with Crippen molar-refractivity contribution in [3.63, 3.8) is 0 Å². The third-order valence-corrected chi connectivity index (χ3v) is 6.62. The van der Waals surface area contributed by atoms with Crippen molar-refractivity contribution in [2.24, 2.45) is 5.92 Å². The highest BCUT2D eigenvalue weighted by atomic mass is 16.4. The van der Waals surface area contributed by atoms with E-state index in [9.17, 15) is 19.6 Å². The van der Waals surface area contributed by atoms with Crippen molar-refractivity contribution in [1.82, 2.24) is 20.6 Å². The summed E-state index contributed by atoms with van der Waals surface area (Å²) in [5, 5.41) is 25.2. The maximum Gasteiger partial charge on any atom is 0.475 e. The fraction of sp³-hybridized carbons (Fsp3) is 0.556. The number of nitrogens with one attached hydrogen (secondary N) is 2. The Balaban J connectivity index is 1.89. The summed E-state index contributed by atoms with van der Waals surface area (Å²) in [6.07, 6.45) is 12.1. The van der Waals surface area contributed by atoms with Gasteiger partial charge in [-0.25, -0.2) is 4.98 Å². The first-order valence-electron chi connectivity index (χ1n) is 13.2. The van der Waals surface area contributed by atoms with E-state index in [1.54, 1.807) is 6.20 Å². The summed E-state index contributed by atoms with van der Waals surface area (Å²) in [7, 11) is -1.70. The first-order chi connectivity index (χ1) is 17.3. The lowest BCUT2D eigenvalue weighted by Crippen LogP contribution is -2.55. The standard InChI is InChI=1S/C27H39BN4O4/c1-19(2)15-25(28(35)36)32-26(33)23-16-21-13-10-9-12-20(21)11-7-5-3-4-6-8-14-22-17-29-18-24(30-22)27(34)31-23/h9-10,12-13,17-19,23,25,35-36H,3-8,11,14-16H2,1-2H3,(H,31,34)(H,32,33). The van der Waals surface area contributed by atoms with E-state index in [0.717, 1.165) is 55.3 Å². The zero-order valence-corrected chi connectivity index (χ0v) is 21.4.